The summed E-state index contributed by atoms with van der Waals surface area (Å²) in [5.74, 6) is -0.244. The van der Waals surface area contributed by atoms with Crippen LogP contribution in [0.3, 0.4) is 0 Å². The molecule has 8 heteroatoms. The van der Waals surface area contributed by atoms with Crippen LogP contribution in [0.2, 0.25) is 5.02 Å². The summed E-state index contributed by atoms with van der Waals surface area (Å²) < 4.78 is 19.6. The van der Waals surface area contributed by atoms with Crippen molar-refractivity contribution in [2.75, 3.05) is 13.7 Å². The lowest BCUT2D eigenvalue weighted by Gasteiger charge is -2.09. The van der Waals surface area contributed by atoms with E-state index in [4.69, 9.17) is 16.3 Å². The maximum absolute atomic E-state index is 13.1. The van der Waals surface area contributed by atoms with Crippen LogP contribution in [0.1, 0.15) is 10.4 Å². The van der Waals surface area contributed by atoms with E-state index in [1.54, 1.807) is 19.2 Å². The van der Waals surface area contributed by atoms with Gasteiger partial charge < -0.3 is 10.1 Å². The predicted molar refractivity (Wildman–Crippen MR) is 104 cm³/mol. The van der Waals surface area contributed by atoms with E-state index in [0.717, 1.165) is 17.7 Å². The van der Waals surface area contributed by atoms with Crippen molar-refractivity contribution in [3.05, 3.63) is 81.6 Å². The minimum atomic E-state index is -0.517. The first-order chi connectivity index (χ1) is 13.5. The lowest BCUT2D eigenvalue weighted by molar-refractivity contribution is 0.0952. The number of hydrogen-bond donors (Lipinski definition) is 1. The molecule has 0 fully saturated rings. The molecule has 1 N–H and O–H groups in total. The topological polar surface area (TPSA) is 73.2 Å². The monoisotopic (exact) mass is 401 g/mol. The Morgan fingerprint density at radius 3 is 2.61 bits per heavy atom. The first kappa shape index (κ1) is 19.6. The van der Waals surface area contributed by atoms with Crippen LogP contribution in [0.5, 0.6) is 5.75 Å². The van der Waals surface area contributed by atoms with Crippen molar-refractivity contribution in [3.63, 3.8) is 0 Å². The number of aromatic nitrogens is 2. The van der Waals surface area contributed by atoms with Gasteiger partial charge in [0, 0.05) is 24.7 Å². The molecule has 3 rings (SSSR count). The van der Waals surface area contributed by atoms with Gasteiger partial charge in [0.15, 0.2) is 0 Å². The summed E-state index contributed by atoms with van der Waals surface area (Å²) >= 11 is 5.87. The average molecular weight is 402 g/mol. The Hall–Kier alpha value is -3.19. The van der Waals surface area contributed by atoms with Gasteiger partial charge in [0.25, 0.3) is 11.5 Å². The van der Waals surface area contributed by atoms with Crippen molar-refractivity contribution < 1.29 is 13.9 Å². The van der Waals surface area contributed by atoms with Crippen LogP contribution < -0.4 is 15.6 Å². The number of nitrogens with one attached hydrogen (secondary N) is 1. The van der Waals surface area contributed by atoms with Gasteiger partial charge in [-0.15, -0.1) is 0 Å². The van der Waals surface area contributed by atoms with Crippen LogP contribution in [-0.2, 0) is 6.54 Å². The molecule has 28 heavy (non-hydrogen) atoms. The molecule has 6 nitrogen and oxygen atoms in total. The second kappa shape index (κ2) is 8.67. The molecule has 0 aliphatic rings. The molecule has 0 aliphatic carbocycles. The lowest BCUT2D eigenvalue weighted by Crippen LogP contribution is -2.31. The summed E-state index contributed by atoms with van der Waals surface area (Å²) in [4.78, 5) is 28.7. The second-order valence-corrected chi connectivity index (χ2v) is 6.32. The molecule has 0 aliphatic heterocycles. The van der Waals surface area contributed by atoms with Crippen LogP contribution in [0, 0.1) is 5.82 Å². The van der Waals surface area contributed by atoms with Gasteiger partial charge in [-0.3, -0.25) is 14.2 Å². The Morgan fingerprint density at radius 2 is 1.96 bits per heavy atom. The van der Waals surface area contributed by atoms with Gasteiger partial charge in [-0.05, 0) is 42.5 Å². The fourth-order valence-electron chi connectivity index (χ4n) is 2.57. The van der Waals surface area contributed by atoms with Crippen LogP contribution >= 0.6 is 11.6 Å². The van der Waals surface area contributed by atoms with E-state index in [0.29, 0.717) is 11.4 Å². The van der Waals surface area contributed by atoms with Gasteiger partial charge in [0.2, 0.25) is 0 Å². The van der Waals surface area contributed by atoms with Crippen LogP contribution in [0.15, 0.2) is 59.7 Å². The molecule has 0 spiro atoms. The van der Waals surface area contributed by atoms with E-state index in [1.165, 1.54) is 23.0 Å². The highest BCUT2D eigenvalue weighted by Crippen LogP contribution is 2.19. The molecule has 1 aromatic heterocycles. The molecular weight excluding hydrogens is 385 g/mol. The minimum absolute atomic E-state index is 0.0279. The number of halogens is 2. The highest BCUT2D eigenvalue weighted by molar-refractivity contribution is 6.33. The zero-order valence-corrected chi connectivity index (χ0v) is 15.7. The summed E-state index contributed by atoms with van der Waals surface area (Å²) in [6.07, 6.45) is 1.43. The zero-order chi connectivity index (χ0) is 20.1. The zero-order valence-electron chi connectivity index (χ0n) is 15.0. The highest BCUT2D eigenvalue weighted by Gasteiger charge is 2.11. The first-order valence-corrected chi connectivity index (χ1v) is 8.80. The third-order valence-corrected chi connectivity index (χ3v) is 4.39. The number of nitrogens with zero attached hydrogens (tertiary/aromatic N) is 2. The Morgan fingerprint density at radius 1 is 1.21 bits per heavy atom. The van der Waals surface area contributed by atoms with Crippen molar-refractivity contribution in [1.82, 2.24) is 14.9 Å². The van der Waals surface area contributed by atoms with Gasteiger partial charge in [-0.2, -0.15) is 0 Å². The van der Waals surface area contributed by atoms with Crippen molar-refractivity contribution in [1.29, 1.82) is 0 Å². The van der Waals surface area contributed by atoms with E-state index in [-0.39, 0.29) is 29.2 Å². The molecule has 1 amide bonds. The fraction of sp³-hybridized carbons (Fsp3) is 0.150. The van der Waals surface area contributed by atoms with E-state index in [9.17, 15) is 14.0 Å². The van der Waals surface area contributed by atoms with Gasteiger partial charge >= 0.3 is 0 Å². The van der Waals surface area contributed by atoms with Gasteiger partial charge in [0.1, 0.15) is 11.6 Å². The van der Waals surface area contributed by atoms with E-state index < -0.39 is 11.7 Å². The molecule has 2 aromatic carbocycles. The number of methoxy groups -OCH3 is 1. The number of hydrogen-bond acceptors (Lipinski definition) is 4. The predicted octanol–water partition coefficient (Wildman–Crippen LogP) is 3.14. The lowest BCUT2D eigenvalue weighted by atomic mass is 10.1. The summed E-state index contributed by atoms with van der Waals surface area (Å²) in [5.41, 5.74) is 1.27. The number of benzene rings is 2. The normalized spacial score (nSPS) is 10.5. The molecule has 0 bridgehead atoms. The van der Waals surface area contributed by atoms with Gasteiger partial charge in [0.05, 0.1) is 29.7 Å². The van der Waals surface area contributed by atoms with Gasteiger partial charge in [-0.25, -0.2) is 9.37 Å². The van der Waals surface area contributed by atoms with Crippen molar-refractivity contribution >= 4 is 17.5 Å². The molecule has 144 valence electrons. The van der Waals surface area contributed by atoms with E-state index in [2.05, 4.69) is 10.3 Å². The average Bonchev–Trinajstić information content (AvgIpc) is 2.69. The number of rotatable bonds is 6. The first-order valence-electron chi connectivity index (χ1n) is 8.42. The molecule has 1 heterocycles. The summed E-state index contributed by atoms with van der Waals surface area (Å²) in [5, 5.41) is 2.67. The fourth-order valence-corrected chi connectivity index (χ4v) is 2.83. The Bertz CT molecular complexity index is 1050. The van der Waals surface area contributed by atoms with E-state index in [1.807, 2.05) is 12.1 Å². The molecule has 0 atom stereocenters. The molecule has 0 radical (unpaired) electrons. The Kier molecular flexibility index (Phi) is 6.06. The van der Waals surface area contributed by atoms with Crippen molar-refractivity contribution in [3.8, 4) is 17.0 Å². The maximum atomic E-state index is 13.1. The SMILES string of the molecule is COc1ccc(-c2cc(=O)n(CCNC(=O)c3ccc(F)cc3Cl)cn2)cc1. The van der Waals surface area contributed by atoms with Crippen LogP contribution in [0.4, 0.5) is 4.39 Å². The highest BCUT2D eigenvalue weighted by atomic mass is 35.5. The third-order valence-electron chi connectivity index (χ3n) is 4.08. The number of ether oxygens (including phenoxy) is 1. The third kappa shape index (κ3) is 4.55. The molecule has 3 aromatic rings. The number of amides is 1. The van der Waals surface area contributed by atoms with Crippen LogP contribution in [-0.4, -0.2) is 29.1 Å². The summed E-state index contributed by atoms with van der Waals surface area (Å²) in [6.45, 7) is 0.426. The van der Waals surface area contributed by atoms with Gasteiger partial charge in [-0.1, -0.05) is 11.6 Å². The van der Waals surface area contributed by atoms with Crippen molar-refractivity contribution in [2.24, 2.45) is 0 Å². The number of carbonyl (C=O) groups excluding carboxylic acids is 1. The van der Waals surface area contributed by atoms with Crippen LogP contribution in [0.25, 0.3) is 11.3 Å². The number of carbonyl (C=O) groups is 1. The Balaban J connectivity index is 1.63. The largest absolute Gasteiger partial charge is 0.497 e. The molecular formula is C20H17ClFN3O3. The molecule has 0 unspecified atom stereocenters. The maximum Gasteiger partial charge on any atom is 0.253 e. The summed E-state index contributed by atoms with van der Waals surface area (Å²) in [7, 11) is 1.58. The standard InChI is InChI=1S/C20H17ClFN3O3/c1-28-15-5-2-13(3-6-15)18-11-19(26)25(12-24-18)9-8-23-20(27)16-7-4-14(22)10-17(16)21/h2-7,10-12H,8-9H2,1H3,(H,23,27). The smallest absolute Gasteiger partial charge is 0.253 e. The summed E-state index contributed by atoms with van der Waals surface area (Å²) in [6, 6.07) is 12.2. The molecule has 0 saturated carbocycles. The Labute approximate surface area is 165 Å². The minimum Gasteiger partial charge on any atom is -0.497 e. The quantitative estimate of drug-likeness (QED) is 0.688. The molecule has 0 saturated heterocycles. The van der Waals surface area contributed by atoms with Crippen molar-refractivity contribution in [2.45, 2.75) is 6.54 Å². The second-order valence-electron chi connectivity index (χ2n) is 5.91. The van der Waals surface area contributed by atoms with E-state index >= 15 is 0 Å².